The van der Waals surface area contributed by atoms with E-state index in [9.17, 15) is 9.59 Å². The lowest BCUT2D eigenvalue weighted by molar-refractivity contribution is -0.133. The third-order valence-corrected chi connectivity index (χ3v) is 2.46. The molecule has 0 aromatic carbocycles. The maximum atomic E-state index is 11.6. The predicted molar refractivity (Wildman–Crippen MR) is 58.6 cm³/mol. The maximum Gasteiger partial charge on any atom is 0.249 e. The summed E-state index contributed by atoms with van der Waals surface area (Å²) in [5.41, 5.74) is 5.44. The molecule has 0 aliphatic carbocycles. The SMILES string of the molecule is CCNC(=O)CNC(=O)C1CCC(CN)O1. The summed E-state index contributed by atoms with van der Waals surface area (Å²) < 4.78 is 5.40. The van der Waals surface area contributed by atoms with Gasteiger partial charge in [-0.3, -0.25) is 9.59 Å². The Bertz CT molecular complexity index is 258. The van der Waals surface area contributed by atoms with Crippen LogP contribution in [0.15, 0.2) is 0 Å². The first-order valence-corrected chi connectivity index (χ1v) is 5.57. The zero-order valence-corrected chi connectivity index (χ0v) is 9.49. The lowest BCUT2D eigenvalue weighted by Crippen LogP contribution is -2.41. The van der Waals surface area contributed by atoms with Crippen molar-refractivity contribution >= 4 is 11.8 Å². The van der Waals surface area contributed by atoms with Crippen LogP contribution in [0.1, 0.15) is 19.8 Å². The van der Waals surface area contributed by atoms with Gasteiger partial charge in [0.05, 0.1) is 12.6 Å². The van der Waals surface area contributed by atoms with E-state index in [1.807, 2.05) is 6.92 Å². The minimum Gasteiger partial charge on any atom is -0.364 e. The van der Waals surface area contributed by atoms with E-state index in [0.29, 0.717) is 19.5 Å². The van der Waals surface area contributed by atoms with Gasteiger partial charge in [-0.2, -0.15) is 0 Å². The number of rotatable bonds is 5. The Morgan fingerprint density at radius 1 is 1.38 bits per heavy atom. The first-order chi connectivity index (χ1) is 7.67. The topological polar surface area (TPSA) is 93.5 Å². The molecule has 92 valence electrons. The van der Waals surface area contributed by atoms with E-state index in [-0.39, 0.29) is 24.5 Å². The van der Waals surface area contributed by atoms with Crippen LogP contribution in [0.4, 0.5) is 0 Å². The summed E-state index contributed by atoms with van der Waals surface area (Å²) >= 11 is 0. The first-order valence-electron chi connectivity index (χ1n) is 5.57. The average Bonchev–Trinajstić information content (AvgIpc) is 2.75. The van der Waals surface area contributed by atoms with Gasteiger partial charge in [0.25, 0.3) is 0 Å². The second kappa shape index (κ2) is 6.44. The number of carbonyl (C=O) groups is 2. The summed E-state index contributed by atoms with van der Waals surface area (Å²) in [6, 6.07) is 0. The van der Waals surface area contributed by atoms with Crippen molar-refractivity contribution in [2.24, 2.45) is 5.73 Å². The lowest BCUT2D eigenvalue weighted by Gasteiger charge is -2.12. The highest BCUT2D eigenvalue weighted by Gasteiger charge is 2.29. The molecule has 1 fully saturated rings. The van der Waals surface area contributed by atoms with Crippen molar-refractivity contribution < 1.29 is 14.3 Å². The smallest absolute Gasteiger partial charge is 0.249 e. The van der Waals surface area contributed by atoms with Gasteiger partial charge in [-0.15, -0.1) is 0 Å². The van der Waals surface area contributed by atoms with Crippen molar-refractivity contribution in [1.29, 1.82) is 0 Å². The number of hydrogen-bond donors (Lipinski definition) is 3. The van der Waals surface area contributed by atoms with Gasteiger partial charge in [0.1, 0.15) is 6.10 Å². The molecule has 1 saturated heterocycles. The summed E-state index contributed by atoms with van der Waals surface area (Å²) in [7, 11) is 0. The van der Waals surface area contributed by atoms with E-state index in [0.717, 1.165) is 6.42 Å². The fraction of sp³-hybridized carbons (Fsp3) is 0.800. The van der Waals surface area contributed by atoms with Gasteiger partial charge < -0.3 is 21.1 Å². The van der Waals surface area contributed by atoms with Gasteiger partial charge in [-0.05, 0) is 19.8 Å². The molecule has 1 aliphatic rings. The molecule has 2 unspecified atom stereocenters. The number of nitrogens with two attached hydrogens (primary N) is 1. The number of ether oxygens (including phenoxy) is 1. The molecule has 2 atom stereocenters. The Labute approximate surface area is 94.9 Å². The third kappa shape index (κ3) is 3.79. The second-order valence-corrected chi connectivity index (χ2v) is 3.73. The molecule has 1 heterocycles. The fourth-order valence-corrected chi connectivity index (χ4v) is 1.61. The molecule has 0 aromatic heterocycles. The van der Waals surface area contributed by atoms with E-state index in [4.69, 9.17) is 10.5 Å². The first kappa shape index (κ1) is 12.9. The second-order valence-electron chi connectivity index (χ2n) is 3.73. The van der Waals surface area contributed by atoms with Gasteiger partial charge >= 0.3 is 0 Å². The fourth-order valence-electron chi connectivity index (χ4n) is 1.61. The van der Waals surface area contributed by atoms with Crippen LogP contribution < -0.4 is 16.4 Å². The van der Waals surface area contributed by atoms with E-state index < -0.39 is 6.10 Å². The van der Waals surface area contributed by atoms with E-state index in [2.05, 4.69) is 10.6 Å². The van der Waals surface area contributed by atoms with Crippen LogP contribution in [0, 0.1) is 0 Å². The molecule has 0 spiro atoms. The van der Waals surface area contributed by atoms with Crippen molar-refractivity contribution in [2.45, 2.75) is 32.0 Å². The van der Waals surface area contributed by atoms with Crippen LogP contribution >= 0.6 is 0 Å². The molecule has 2 amide bonds. The highest BCUT2D eigenvalue weighted by atomic mass is 16.5. The zero-order chi connectivity index (χ0) is 12.0. The lowest BCUT2D eigenvalue weighted by atomic mass is 10.2. The Balaban J connectivity index is 2.23. The van der Waals surface area contributed by atoms with Crippen LogP contribution in [-0.4, -0.2) is 43.7 Å². The highest BCUT2D eigenvalue weighted by Crippen LogP contribution is 2.18. The summed E-state index contributed by atoms with van der Waals surface area (Å²) in [6.07, 6.45) is 0.988. The van der Waals surface area contributed by atoms with Gasteiger partial charge in [-0.25, -0.2) is 0 Å². The Kier molecular flexibility index (Phi) is 5.21. The normalized spacial score (nSPS) is 24.1. The summed E-state index contributed by atoms with van der Waals surface area (Å²) in [6.45, 7) is 2.81. The average molecular weight is 229 g/mol. The molecule has 0 saturated carbocycles. The molecular formula is C10H19N3O3. The Morgan fingerprint density at radius 2 is 2.12 bits per heavy atom. The molecule has 0 radical (unpaired) electrons. The van der Waals surface area contributed by atoms with Gasteiger partial charge in [-0.1, -0.05) is 0 Å². The molecule has 6 heteroatoms. The van der Waals surface area contributed by atoms with Crippen molar-refractivity contribution in [3.63, 3.8) is 0 Å². The van der Waals surface area contributed by atoms with Gasteiger partial charge in [0.2, 0.25) is 11.8 Å². The molecule has 0 bridgehead atoms. The molecule has 1 aliphatic heterocycles. The minimum absolute atomic E-state index is 0.000174. The number of amides is 2. The van der Waals surface area contributed by atoms with Crippen LogP contribution in [-0.2, 0) is 14.3 Å². The molecule has 1 rings (SSSR count). The zero-order valence-electron chi connectivity index (χ0n) is 9.49. The molecule has 4 N–H and O–H groups in total. The van der Waals surface area contributed by atoms with E-state index in [1.54, 1.807) is 0 Å². The van der Waals surface area contributed by atoms with E-state index in [1.165, 1.54) is 0 Å². The van der Waals surface area contributed by atoms with Crippen molar-refractivity contribution in [3.05, 3.63) is 0 Å². The van der Waals surface area contributed by atoms with Gasteiger partial charge in [0.15, 0.2) is 0 Å². The van der Waals surface area contributed by atoms with Crippen molar-refractivity contribution in [2.75, 3.05) is 19.6 Å². The quantitative estimate of drug-likeness (QED) is 0.549. The van der Waals surface area contributed by atoms with Gasteiger partial charge in [0, 0.05) is 13.1 Å². The van der Waals surface area contributed by atoms with Crippen LogP contribution in [0.5, 0.6) is 0 Å². The standard InChI is InChI=1S/C10H19N3O3/c1-2-12-9(14)6-13-10(15)8-4-3-7(5-11)16-8/h7-8H,2-6,11H2,1H3,(H,12,14)(H,13,15). The monoisotopic (exact) mass is 229 g/mol. The number of carbonyl (C=O) groups excluding carboxylic acids is 2. The molecular weight excluding hydrogens is 210 g/mol. The Hall–Kier alpha value is -1.14. The number of likely N-dealkylation sites (N-methyl/N-ethyl adjacent to an activating group) is 1. The van der Waals surface area contributed by atoms with E-state index >= 15 is 0 Å². The van der Waals surface area contributed by atoms with Crippen molar-refractivity contribution in [1.82, 2.24) is 10.6 Å². The minimum atomic E-state index is -0.456. The summed E-state index contributed by atoms with van der Waals surface area (Å²) in [5, 5.41) is 5.13. The van der Waals surface area contributed by atoms with Crippen molar-refractivity contribution in [3.8, 4) is 0 Å². The molecule has 16 heavy (non-hydrogen) atoms. The summed E-state index contributed by atoms with van der Waals surface area (Å²) in [5.74, 6) is -0.425. The van der Waals surface area contributed by atoms with Crippen LogP contribution in [0.25, 0.3) is 0 Å². The Morgan fingerprint density at radius 3 is 2.69 bits per heavy atom. The number of hydrogen-bond acceptors (Lipinski definition) is 4. The maximum absolute atomic E-state index is 11.6. The third-order valence-electron chi connectivity index (χ3n) is 2.46. The van der Waals surface area contributed by atoms with Crippen LogP contribution in [0.3, 0.4) is 0 Å². The number of nitrogens with one attached hydrogen (secondary N) is 2. The van der Waals surface area contributed by atoms with Crippen LogP contribution in [0.2, 0.25) is 0 Å². The molecule has 0 aromatic rings. The largest absolute Gasteiger partial charge is 0.364 e. The molecule has 6 nitrogen and oxygen atoms in total. The highest BCUT2D eigenvalue weighted by molar-refractivity contribution is 5.86. The predicted octanol–water partition coefficient (Wildman–Crippen LogP) is -1.25. The summed E-state index contributed by atoms with van der Waals surface area (Å²) in [4.78, 5) is 22.7.